The molecule has 0 aliphatic carbocycles. The van der Waals surface area contributed by atoms with Crippen molar-refractivity contribution in [1.29, 1.82) is 0 Å². The molecule has 1 N–H and O–H groups in total. The first-order valence-corrected chi connectivity index (χ1v) is 12.0. The second-order valence-corrected chi connectivity index (χ2v) is 9.69. The van der Waals surface area contributed by atoms with Crippen LogP contribution in [0.1, 0.15) is 23.1 Å². The molecule has 0 saturated heterocycles. The van der Waals surface area contributed by atoms with Crippen LogP contribution in [0.3, 0.4) is 0 Å². The molecule has 3 aromatic rings. The molecular formula is C25H26N2O4S. The predicted molar refractivity (Wildman–Crippen MR) is 124 cm³/mol. The maximum atomic E-state index is 13.2. The minimum absolute atomic E-state index is 0.141. The first kappa shape index (κ1) is 21.9. The average Bonchev–Trinajstić information content (AvgIpc) is 2.82. The molecule has 0 unspecified atom stereocenters. The molecule has 166 valence electrons. The maximum Gasteiger partial charge on any atom is 0.264 e. The predicted octanol–water partition coefficient (Wildman–Crippen LogP) is 3.83. The summed E-state index contributed by atoms with van der Waals surface area (Å²) in [5.41, 5.74) is 3.96. The Bertz CT molecular complexity index is 1190. The molecule has 0 aromatic heterocycles. The van der Waals surface area contributed by atoms with E-state index >= 15 is 0 Å². The number of nitrogens with zero attached hydrogens (tertiary/aromatic N) is 1. The van der Waals surface area contributed by atoms with E-state index in [4.69, 9.17) is 4.74 Å². The van der Waals surface area contributed by atoms with Crippen LogP contribution in [0.25, 0.3) is 0 Å². The summed E-state index contributed by atoms with van der Waals surface area (Å²) in [4.78, 5) is 12.3. The van der Waals surface area contributed by atoms with Gasteiger partial charge in [0.25, 0.3) is 15.9 Å². The van der Waals surface area contributed by atoms with Crippen LogP contribution in [-0.4, -0.2) is 27.5 Å². The van der Waals surface area contributed by atoms with Gasteiger partial charge in [0, 0.05) is 13.1 Å². The van der Waals surface area contributed by atoms with Gasteiger partial charge in [0.2, 0.25) is 0 Å². The molecule has 0 spiro atoms. The Morgan fingerprint density at radius 2 is 1.72 bits per heavy atom. The zero-order valence-electron chi connectivity index (χ0n) is 18.0. The van der Waals surface area contributed by atoms with Crippen molar-refractivity contribution in [3.63, 3.8) is 0 Å². The van der Waals surface area contributed by atoms with Gasteiger partial charge >= 0.3 is 0 Å². The molecule has 0 radical (unpaired) electrons. The first-order chi connectivity index (χ1) is 15.4. The summed E-state index contributed by atoms with van der Waals surface area (Å²) in [6.45, 7) is 2.76. The molecule has 0 saturated carbocycles. The van der Waals surface area contributed by atoms with Crippen LogP contribution in [0.5, 0.6) is 5.75 Å². The van der Waals surface area contributed by atoms with Gasteiger partial charge in [0.1, 0.15) is 5.75 Å². The number of anilines is 1. The van der Waals surface area contributed by atoms with Crippen LogP contribution < -0.4 is 14.4 Å². The molecule has 3 aromatic carbocycles. The summed E-state index contributed by atoms with van der Waals surface area (Å²) < 4.78 is 33.4. The molecule has 4 rings (SSSR count). The van der Waals surface area contributed by atoms with Crippen molar-refractivity contribution >= 4 is 21.6 Å². The van der Waals surface area contributed by atoms with Gasteiger partial charge in [-0.05, 0) is 61.2 Å². The Hall–Kier alpha value is -3.32. The van der Waals surface area contributed by atoms with Gasteiger partial charge in [-0.15, -0.1) is 0 Å². The van der Waals surface area contributed by atoms with Crippen LogP contribution in [0.4, 0.5) is 5.69 Å². The molecule has 6 nitrogen and oxygen atoms in total. The number of para-hydroxylation sites is 1. The third-order valence-electron chi connectivity index (χ3n) is 5.46. The summed E-state index contributed by atoms with van der Waals surface area (Å²) >= 11 is 0. The van der Waals surface area contributed by atoms with E-state index in [1.165, 1.54) is 22.0 Å². The fraction of sp³-hybridized carbons (Fsp3) is 0.240. The molecule has 7 heteroatoms. The van der Waals surface area contributed by atoms with E-state index in [9.17, 15) is 13.2 Å². The van der Waals surface area contributed by atoms with Crippen LogP contribution >= 0.6 is 0 Å². The van der Waals surface area contributed by atoms with E-state index in [-0.39, 0.29) is 17.4 Å². The summed E-state index contributed by atoms with van der Waals surface area (Å²) in [6.07, 6.45) is 1.66. The summed E-state index contributed by atoms with van der Waals surface area (Å²) in [6, 6.07) is 21.7. The number of benzene rings is 3. The van der Waals surface area contributed by atoms with E-state index in [1.54, 1.807) is 12.1 Å². The smallest absolute Gasteiger partial charge is 0.264 e. The Morgan fingerprint density at radius 3 is 2.47 bits per heavy atom. The van der Waals surface area contributed by atoms with Crippen LogP contribution in [-0.2, 0) is 27.8 Å². The number of fused-ring (bicyclic) bond motifs is 1. The number of sulfonamides is 1. The minimum Gasteiger partial charge on any atom is -0.484 e. The summed E-state index contributed by atoms with van der Waals surface area (Å²) in [7, 11) is -3.67. The molecule has 32 heavy (non-hydrogen) atoms. The molecule has 1 amide bonds. The van der Waals surface area contributed by atoms with Gasteiger partial charge in [-0.3, -0.25) is 9.10 Å². The van der Waals surface area contributed by atoms with Crippen molar-refractivity contribution in [2.24, 2.45) is 0 Å². The van der Waals surface area contributed by atoms with E-state index in [0.29, 0.717) is 18.8 Å². The lowest BCUT2D eigenvalue weighted by Crippen LogP contribution is -2.35. The fourth-order valence-electron chi connectivity index (χ4n) is 3.69. The normalized spacial score (nSPS) is 13.3. The SMILES string of the molecule is Cc1ccc(CNC(=O)COc2ccc(S(=O)(=O)N3CCCc4ccccc43)cc2)cc1. The van der Waals surface area contributed by atoms with E-state index in [0.717, 1.165) is 29.7 Å². The van der Waals surface area contributed by atoms with E-state index in [2.05, 4.69) is 5.32 Å². The topological polar surface area (TPSA) is 75.7 Å². The molecule has 0 atom stereocenters. The average molecular weight is 451 g/mol. The number of carbonyl (C=O) groups excluding carboxylic acids is 1. The lowest BCUT2D eigenvalue weighted by Gasteiger charge is -2.30. The van der Waals surface area contributed by atoms with Gasteiger partial charge in [0.15, 0.2) is 6.61 Å². The molecular weight excluding hydrogens is 424 g/mol. The van der Waals surface area contributed by atoms with Crippen molar-refractivity contribution in [2.45, 2.75) is 31.2 Å². The van der Waals surface area contributed by atoms with Crippen LogP contribution in [0.15, 0.2) is 77.7 Å². The zero-order chi connectivity index (χ0) is 22.6. The standard InChI is InChI=1S/C25H26N2O4S/c1-19-8-10-20(11-9-19)17-26-25(28)18-31-22-12-14-23(15-13-22)32(29,30)27-16-4-6-21-5-2-3-7-24(21)27/h2-3,5,7-15H,4,6,16-18H2,1H3,(H,26,28). The quantitative estimate of drug-likeness (QED) is 0.594. The number of carbonyl (C=O) groups is 1. The number of hydrogen-bond donors (Lipinski definition) is 1. The minimum atomic E-state index is -3.67. The molecule has 1 heterocycles. The zero-order valence-corrected chi connectivity index (χ0v) is 18.8. The van der Waals surface area contributed by atoms with Gasteiger partial charge in [-0.2, -0.15) is 0 Å². The number of rotatable bonds is 7. The highest BCUT2D eigenvalue weighted by Gasteiger charge is 2.28. The number of hydrogen-bond acceptors (Lipinski definition) is 4. The Balaban J connectivity index is 1.36. The first-order valence-electron chi connectivity index (χ1n) is 10.6. The second-order valence-electron chi connectivity index (χ2n) is 7.83. The monoisotopic (exact) mass is 450 g/mol. The van der Waals surface area contributed by atoms with Gasteiger partial charge in [-0.1, -0.05) is 48.0 Å². The molecule has 1 aliphatic rings. The van der Waals surface area contributed by atoms with Gasteiger partial charge in [-0.25, -0.2) is 8.42 Å². The molecule has 1 aliphatic heterocycles. The van der Waals surface area contributed by atoms with Gasteiger partial charge in [0.05, 0.1) is 10.6 Å². The fourth-order valence-corrected chi connectivity index (χ4v) is 5.23. The Morgan fingerprint density at radius 1 is 1.00 bits per heavy atom. The summed E-state index contributed by atoms with van der Waals surface area (Å²) in [5.74, 6) is 0.195. The highest BCUT2D eigenvalue weighted by molar-refractivity contribution is 7.92. The van der Waals surface area contributed by atoms with Crippen molar-refractivity contribution in [2.75, 3.05) is 17.5 Å². The lowest BCUT2D eigenvalue weighted by atomic mass is 10.0. The number of amides is 1. The highest BCUT2D eigenvalue weighted by atomic mass is 32.2. The van der Waals surface area contributed by atoms with E-state index in [1.807, 2.05) is 55.5 Å². The highest BCUT2D eigenvalue weighted by Crippen LogP contribution is 2.32. The second kappa shape index (κ2) is 9.44. The number of aryl methyl sites for hydroxylation is 2. The van der Waals surface area contributed by atoms with Crippen LogP contribution in [0.2, 0.25) is 0 Å². The number of nitrogens with one attached hydrogen (secondary N) is 1. The van der Waals surface area contributed by atoms with Crippen molar-refractivity contribution in [1.82, 2.24) is 5.32 Å². The van der Waals surface area contributed by atoms with E-state index < -0.39 is 10.0 Å². The summed E-state index contributed by atoms with van der Waals surface area (Å²) in [5, 5.41) is 2.81. The van der Waals surface area contributed by atoms with Crippen LogP contribution in [0, 0.1) is 6.92 Å². The maximum absolute atomic E-state index is 13.2. The third kappa shape index (κ3) is 4.94. The van der Waals surface area contributed by atoms with Gasteiger partial charge < -0.3 is 10.1 Å². The number of ether oxygens (including phenoxy) is 1. The third-order valence-corrected chi connectivity index (χ3v) is 7.29. The van der Waals surface area contributed by atoms with Crippen molar-refractivity contribution in [3.05, 3.63) is 89.5 Å². The van der Waals surface area contributed by atoms with Crippen molar-refractivity contribution in [3.8, 4) is 5.75 Å². The van der Waals surface area contributed by atoms with Crippen molar-refractivity contribution < 1.29 is 17.9 Å². The molecule has 0 bridgehead atoms. The Labute approximate surface area is 188 Å². The molecule has 0 fully saturated rings. The largest absolute Gasteiger partial charge is 0.484 e. The Kier molecular flexibility index (Phi) is 6.46. The lowest BCUT2D eigenvalue weighted by molar-refractivity contribution is -0.123.